The third-order valence-electron chi connectivity index (χ3n) is 3.58. The van der Waals surface area contributed by atoms with Crippen LogP contribution in [0.15, 0.2) is 29.2 Å². The van der Waals surface area contributed by atoms with Gasteiger partial charge in [0.2, 0.25) is 0 Å². The second-order valence-electron chi connectivity index (χ2n) is 6.86. The van der Waals surface area contributed by atoms with Crippen LogP contribution in [-0.2, 0) is 14.8 Å². The molecule has 1 aromatic carbocycles. The van der Waals surface area contributed by atoms with Crippen LogP contribution in [0.5, 0.6) is 0 Å². The second-order valence-corrected chi connectivity index (χ2v) is 8.97. The molecule has 1 aromatic heterocycles. The number of aromatic nitrogens is 2. The standard InChI is InChI=1S/C17H21ClN4O5S/c1-5-27-15(23)12-13(19)20-22(16(24)17(2,3)4)14(12)21-28(25,26)11-8-6-10(18)7-9-11/h6-9,21H,5H2,1-4H3,(H2,19,20). The summed E-state index contributed by atoms with van der Waals surface area (Å²) >= 11 is 5.79. The molecular weight excluding hydrogens is 408 g/mol. The molecule has 0 aliphatic rings. The van der Waals surface area contributed by atoms with E-state index in [0.717, 1.165) is 4.68 Å². The van der Waals surface area contributed by atoms with Crippen LogP contribution < -0.4 is 10.5 Å². The number of nitrogens with one attached hydrogen (secondary N) is 1. The topological polar surface area (TPSA) is 133 Å². The monoisotopic (exact) mass is 428 g/mol. The molecule has 0 aliphatic heterocycles. The fourth-order valence-corrected chi connectivity index (χ4v) is 3.38. The predicted molar refractivity (Wildman–Crippen MR) is 105 cm³/mol. The number of nitrogens with zero attached hydrogens (tertiary/aromatic N) is 2. The summed E-state index contributed by atoms with van der Waals surface area (Å²) in [5, 5.41) is 4.22. The Labute approximate surface area is 167 Å². The Kier molecular flexibility index (Phi) is 6.05. The first kappa shape index (κ1) is 21.7. The first-order chi connectivity index (χ1) is 12.9. The van der Waals surface area contributed by atoms with Crippen molar-refractivity contribution in [3.63, 3.8) is 0 Å². The van der Waals surface area contributed by atoms with Crippen LogP contribution in [0, 0.1) is 5.41 Å². The number of ether oxygens (including phenoxy) is 1. The summed E-state index contributed by atoms with van der Waals surface area (Å²) in [7, 11) is -4.17. The van der Waals surface area contributed by atoms with Crippen molar-refractivity contribution in [2.45, 2.75) is 32.6 Å². The zero-order chi connectivity index (χ0) is 21.3. The largest absolute Gasteiger partial charge is 0.462 e. The SMILES string of the molecule is CCOC(=O)c1c(N)nn(C(=O)C(C)(C)C)c1NS(=O)(=O)c1ccc(Cl)cc1. The lowest BCUT2D eigenvalue weighted by Crippen LogP contribution is -2.30. The van der Waals surface area contributed by atoms with E-state index in [1.54, 1.807) is 27.7 Å². The highest BCUT2D eigenvalue weighted by Crippen LogP contribution is 2.29. The van der Waals surface area contributed by atoms with E-state index in [-0.39, 0.29) is 28.7 Å². The fraction of sp³-hybridized carbons (Fsp3) is 0.353. The number of rotatable bonds is 5. The van der Waals surface area contributed by atoms with Crippen molar-refractivity contribution in [1.82, 2.24) is 9.78 Å². The third-order valence-corrected chi connectivity index (χ3v) is 5.19. The highest BCUT2D eigenvalue weighted by atomic mass is 35.5. The first-order valence-corrected chi connectivity index (χ1v) is 10.1. The maximum absolute atomic E-state index is 12.8. The van der Waals surface area contributed by atoms with Gasteiger partial charge in [0.15, 0.2) is 11.6 Å². The van der Waals surface area contributed by atoms with Gasteiger partial charge in [0.1, 0.15) is 5.56 Å². The smallest absolute Gasteiger partial charge is 0.345 e. The Morgan fingerprint density at radius 1 is 1.25 bits per heavy atom. The normalized spacial score (nSPS) is 11.9. The molecule has 2 rings (SSSR count). The van der Waals surface area contributed by atoms with Crippen molar-refractivity contribution in [2.24, 2.45) is 5.41 Å². The van der Waals surface area contributed by atoms with Crippen LogP contribution in [0.2, 0.25) is 5.02 Å². The Balaban J connectivity index is 2.63. The molecule has 0 saturated heterocycles. The Morgan fingerprint density at radius 3 is 2.32 bits per heavy atom. The number of carbonyl (C=O) groups is 2. The maximum Gasteiger partial charge on any atom is 0.345 e. The molecule has 28 heavy (non-hydrogen) atoms. The quantitative estimate of drug-likeness (QED) is 0.699. The molecule has 152 valence electrons. The van der Waals surface area contributed by atoms with Gasteiger partial charge < -0.3 is 10.5 Å². The number of esters is 1. The molecule has 0 unspecified atom stereocenters. The van der Waals surface area contributed by atoms with Crippen LogP contribution in [0.3, 0.4) is 0 Å². The minimum absolute atomic E-state index is 0.0278. The summed E-state index contributed by atoms with van der Waals surface area (Å²) in [6.45, 7) is 6.47. The van der Waals surface area contributed by atoms with Gasteiger partial charge in [-0.25, -0.2) is 13.2 Å². The fourth-order valence-electron chi connectivity index (χ4n) is 2.20. The number of hydrogen-bond acceptors (Lipinski definition) is 7. The number of anilines is 2. The molecule has 0 spiro atoms. The van der Waals surface area contributed by atoms with Gasteiger partial charge in [-0.2, -0.15) is 4.68 Å². The van der Waals surface area contributed by atoms with Crippen LogP contribution in [0.4, 0.5) is 11.6 Å². The van der Waals surface area contributed by atoms with Crippen molar-refractivity contribution in [3.8, 4) is 0 Å². The molecule has 0 fully saturated rings. The average Bonchev–Trinajstić information content (AvgIpc) is 2.89. The van der Waals surface area contributed by atoms with E-state index < -0.39 is 27.3 Å². The lowest BCUT2D eigenvalue weighted by molar-refractivity contribution is 0.0529. The number of nitrogen functional groups attached to an aromatic ring is 1. The molecule has 0 atom stereocenters. The van der Waals surface area contributed by atoms with Crippen LogP contribution in [0.1, 0.15) is 42.8 Å². The zero-order valence-electron chi connectivity index (χ0n) is 15.8. The van der Waals surface area contributed by atoms with Gasteiger partial charge in [-0.15, -0.1) is 5.10 Å². The van der Waals surface area contributed by atoms with Crippen molar-refractivity contribution in [3.05, 3.63) is 34.9 Å². The van der Waals surface area contributed by atoms with Crippen molar-refractivity contribution < 1.29 is 22.7 Å². The molecule has 1 heterocycles. The zero-order valence-corrected chi connectivity index (χ0v) is 17.4. The molecule has 2 aromatic rings. The minimum Gasteiger partial charge on any atom is -0.462 e. The number of sulfonamides is 1. The van der Waals surface area contributed by atoms with Crippen LogP contribution in [-0.4, -0.2) is 36.7 Å². The highest BCUT2D eigenvalue weighted by Gasteiger charge is 2.33. The van der Waals surface area contributed by atoms with Crippen LogP contribution >= 0.6 is 11.6 Å². The van der Waals surface area contributed by atoms with E-state index in [1.165, 1.54) is 24.3 Å². The molecule has 0 radical (unpaired) electrons. The highest BCUT2D eigenvalue weighted by molar-refractivity contribution is 7.92. The van der Waals surface area contributed by atoms with E-state index in [9.17, 15) is 18.0 Å². The summed E-state index contributed by atoms with van der Waals surface area (Å²) in [5.74, 6) is -2.18. The summed E-state index contributed by atoms with van der Waals surface area (Å²) in [6, 6.07) is 5.36. The van der Waals surface area contributed by atoms with Gasteiger partial charge >= 0.3 is 5.97 Å². The summed E-state index contributed by atoms with van der Waals surface area (Å²) in [6.07, 6.45) is 0. The molecule has 9 nitrogen and oxygen atoms in total. The van der Waals surface area contributed by atoms with Gasteiger partial charge in [0.25, 0.3) is 15.9 Å². The lowest BCUT2D eigenvalue weighted by Gasteiger charge is -2.18. The number of nitrogens with two attached hydrogens (primary N) is 1. The summed E-state index contributed by atoms with van der Waals surface area (Å²) < 4.78 is 33.5. The lowest BCUT2D eigenvalue weighted by atomic mass is 9.96. The summed E-state index contributed by atoms with van der Waals surface area (Å²) in [5.41, 5.74) is 4.53. The van der Waals surface area contributed by atoms with Gasteiger partial charge in [-0.1, -0.05) is 32.4 Å². The van der Waals surface area contributed by atoms with Crippen LogP contribution in [0.25, 0.3) is 0 Å². The van der Waals surface area contributed by atoms with Gasteiger partial charge in [-0.05, 0) is 31.2 Å². The molecule has 0 aliphatic carbocycles. The molecule has 11 heteroatoms. The second kappa shape index (κ2) is 7.80. The van der Waals surface area contributed by atoms with Crippen molar-refractivity contribution in [1.29, 1.82) is 0 Å². The van der Waals surface area contributed by atoms with Crippen molar-refractivity contribution >= 4 is 45.1 Å². The van der Waals surface area contributed by atoms with E-state index in [1.807, 2.05) is 0 Å². The molecule has 0 saturated carbocycles. The predicted octanol–water partition coefficient (Wildman–Crippen LogP) is 2.78. The first-order valence-electron chi connectivity index (χ1n) is 8.27. The number of benzene rings is 1. The number of halogens is 1. The molecular formula is C17H21ClN4O5S. The maximum atomic E-state index is 12.8. The van der Waals surface area contributed by atoms with Crippen molar-refractivity contribution in [2.75, 3.05) is 17.1 Å². The summed E-state index contributed by atoms with van der Waals surface area (Å²) in [4.78, 5) is 24.9. The molecule has 0 bridgehead atoms. The van der Waals surface area contributed by atoms with E-state index in [2.05, 4.69) is 9.82 Å². The van der Waals surface area contributed by atoms with E-state index >= 15 is 0 Å². The molecule has 3 N–H and O–H groups in total. The Morgan fingerprint density at radius 2 is 1.82 bits per heavy atom. The van der Waals surface area contributed by atoms with Gasteiger partial charge in [0.05, 0.1) is 11.5 Å². The average molecular weight is 429 g/mol. The Hall–Kier alpha value is -2.59. The number of hydrogen-bond donors (Lipinski definition) is 2. The van der Waals surface area contributed by atoms with E-state index in [0.29, 0.717) is 5.02 Å². The molecule has 0 amide bonds. The van der Waals surface area contributed by atoms with E-state index in [4.69, 9.17) is 22.1 Å². The number of carbonyl (C=O) groups excluding carboxylic acids is 2. The van der Waals surface area contributed by atoms with Gasteiger partial charge in [-0.3, -0.25) is 9.52 Å². The Bertz CT molecular complexity index is 1010. The third kappa shape index (κ3) is 4.45. The van der Waals surface area contributed by atoms with Gasteiger partial charge in [0, 0.05) is 10.4 Å². The minimum atomic E-state index is -4.17.